The van der Waals surface area contributed by atoms with Crippen LogP contribution in [0.1, 0.15) is 18.4 Å². The lowest BCUT2D eigenvalue weighted by molar-refractivity contribution is -0.133. The second-order valence-electron chi connectivity index (χ2n) is 7.44. The normalized spacial score (nSPS) is 26.4. The van der Waals surface area contributed by atoms with Crippen molar-refractivity contribution >= 4 is 17.5 Å². The standard InChI is InChI=1S/C19H24N6O2/c20-10-14-1-2-18(22-11-14)24-7-5-23(6-8-24)15-9-17(21-12-15)19(27)25-4-3-16(26)13-25/h1-2,11,15,17,21H,3-9,12-13H2/t15-,17-/m0/s1. The third-order valence-corrected chi connectivity index (χ3v) is 5.78. The van der Waals surface area contributed by atoms with Crippen LogP contribution in [0.4, 0.5) is 5.82 Å². The summed E-state index contributed by atoms with van der Waals surface area (Å²) in [6.45, 7) is 5.28. The molecule has 0 spiro atoms. The number of amides is 1. The lowest BCUT2D eigenvalue weighted by Crippen LogP contribution is -2.51. The first-order valence-electron chi connectivity index (χ1n) is 9.53. The number of nitrogens with one attached hydrogen (secondary N) is 1. The summed E-state index contributed by atoms with van der Waals surface area (Å²) in [6, 6.07) is 5.98. The molecule has 0 aromatic carbocycles. The summed E-state index contributed by atoms with van der Waals surface area (Å²) in [7, 11) is 0. The van der Waals surface area contributed by atoms with Crippen molar-refractivity contribution in [1.82, 2.24) is 20.1 Å². The molecule has 3 aliphatic heterocycles. The Balaban J connectivity index is 1.28. The van der Waals surface area contributed by atoms with Crippen molar-refractivity contribution in [2.24, 2.45) is 0 Å². The minimum Gasteiger partial charge on any atom is -0.354 e. The van der Waals surface area contributed by atoms with Crippen molar-refractivity contribution in [3.05, 3.63) is 23.9 Å². The van der Waals surface area contributed by atoms with Crippen molar-refractivity contribution in [2.75, 3.05) is 50.7 Å². The second kappa shape index (κ2) is 7.62. The van der Waals surface area contributed by atoms with Crippen LogP contribution in [0.5, 0.6) is 0 Å². The van der Waals surface area contributed by atoms with E-state index in [1.807, 2.05) is 6.07 Å². The van der Waals surface area contributed by atoms with Crippen LogP contribution in [-0.4, -0.2) is 84.4 Å². The minimum atomic E-state index is -0.167. The van der Waals surface area contributed by atoms with Crippen LogP contribution in [0.2, 0.25) is 0 Å². The highest BCUT2D eigenvalue weighted by Crippen LogP contribution is 2.20. The first-order chi connectivity index (χ1) is 13.1. The van der Waals surface area contributed by atoms with E-state index in [0.717, 1.165) is 45.0 Å². The molecule has 0 aliphatic carbocycles. The molecule has 0 unspecified atom stereocenters. The van der Waals surface area contributed by atoms with Gasteiger partial charge in [0.05, 0.1) is 18.2 Å². The first-order valence-corrected chi connectivity index (χ1v) is 9.53. The Labute approximate surface area is 158 Å². The number of likely N-dealkylation sites (tertiary alicyclic amines) is 1. The van der Waals surface area contributed by atoms with Gasteiger partial charge in [0.25, 0.3) is 0 Å². The molecule has 4 heterocycles. The van der Waals surface area contributed by atoms with Gasteiger partial charge >= 0.3 is 0 Å². The SMILES string of the molecule is N#Cc1ccc(N2CCN([C@@H]3CN[C@H](C(=O)N4CCC(=O)C4)C3)CC2)nc1. The fourth-order valence-electron chi connectivity index (χ4n) is 4.18. The predicted molar refractivity (Wildman–Crippen MR) is 99.1 cm³/mol. The topological polar surface area (TPSA) is 92.6 Å². The maximum Gasteiger partial charge on any atom is 0.240 e. The van der Waals surface area contributed by atoms with E-state index in [0.29, 0.717) is 24.6 Å². The van der Waals surface area contributed by atoms with E-state index >= 15 is 0 Å². The van der Waals surface area contributed by atoms with Gasteiger partial charge in [-0.15, -0.1) is 0 Å². The quantitative estimate of drug-likeness (QED) is 0.776. The highest BCUT2D eigenvalue weighted by atomic mass is 16.2. The Morgan fingerprint density at radius 1 is 1.22 bits per heavy atom. The molecule has 27 heavy (non-hydrogen) atoms. The highest BCUT2D eigenvalue weighted by Gasteiger charge is 2.37. The van der Waals surface area contributed by atoms with Gasteiger partial charge in [-0.3, -0.25) is 14.5 Å². The van der Waals surface area contributed by atoms with Crippen LogP contribution in [0.15, 0.2) is 18.3 Å². The van der Waals surface area contributed by atoms with E-state index in [4.69, 9.17) is 5.26 Å². The smallest absolute Gasteiger partial charge is 0.240 e. The van der Waals surface area contributed by atoms with E-state index in [9.17, 15) is 9.59 Å². The summed E-state index contributed by atoms with van der Waals surface area (Å²) in [5.41, 5.74) is 0.574. The van der Waals surface area contributed by atoms with E-state index in [-0.39, 0.29) is 24.3 Å². The zero-order valence-corrected chi connectivity index (χ0v) is 15.3. The number of hydrogen-bond acceptors (Lipinski definition) is 7. The van der Waals surface area contributed by atoms with Gasteiger partial charge in [-0.2, -0.15) is 5.26 Å². The fourth-order valence-corrected chi connectivity index (χ4v) is 4.18. The molecule has 0 bridgehead atoms. The number of aromatic nitrogens is 1. The fraction of sp³-hybridized carbons (Fsp3) is 0.579. The molecule has 2 atom stereocenters. The van der Waals surface area contributed by atoms with E-state index in [2.05, 4.69) is 26.2 Å². The molecule has 1 aromatic heterocycles. The number of Topliss-reactive ketones (excluding diaryl/α,β-unsaturated/α-hetero) is 1. The summed E-state index contributed by atoms with van der Waals surface area (Å²) in [5, 5.41) is 12.2. The monoisotopic (exact) mass is 368 g/mol. The van der Waals surface area contributed by atoms with Crippen molar-refractivity contribution in [1.29, 1.82) is 5.26 Å². The summed E-state index contributed by atoms with van der Waals surface area (Å²) in [4.78, 5) is 34.7. The predicted octanol–water partition coefficient (Wildman–Crippen LogP) is -0.393. The first kappa shape index (κ1) is 17.9. The summed E-state index contributed by atoms with van der Waals surface area (Å²) < 4.78 is 0. The number of carbonyl (C=O) groups is 2. The number of carbonyl (C=O) groups excluding carboxylic acids is 2. The van der Waals surface area contributed by atoms with E-state index < -0.39 is 0 Å². The second-order valence-corrected chi connectivity index (χ2v) is 7.44. The molecule has 1 amide bonds. The molecular formula is C19H24N6O2. The lowest BCUT2D eigenvalue weighted by Gasteiger charge is -2.38. The zero-order valence-electron chi connectivity index (χ0n) is 15.3. The molecule has 8 heteroatoms. The molecule has 3 fully saturated rings. The minimum absolute atomic E-state index is 0.0729. The Kier molecular flexibility index (Phi) is 5.05. The van der Waals surface area contributed by atoms with Crippen molar-refractivity contribution in [3.63, 3.8) is 0 Å². The van der Waals surface area contributed by atoms with Crippen molar-refractivity contribution in [3.8, 4) is 6.07 Å². The van der Waals surface area contributed by atoms with Gasteiger partial charge in [0.15, 0.2) is 5.78 Å². The number of nitrogens with zero attached hydrogens (tertiary/aromatic N) is 5. The van der Waals surface area contributed by atoms with Crippen molar-refractivity contribution < 1.29 is 9.59 Å². The molecule has 0 radical (unpaired) electrons. The van der Waals surface area contributed by atoms with Crippen LogP contribution >= 0.6 is 0 Å². The number of anilines is 1. The van der Waals surface area contributed by atoms with Crippen LogP contribution in [0.3, 0.4) is 0 Å². The van der Waals surface area contributed by atoms with Gasteiger partial charge in [0.1, 0.15) is 11.9 Å². The van der Waals surface area contributed by atoms with E-state index in [1.165, 1.54) is 0 Å². The molecule has 0 saturated carbocycles. The largest absolute Gasteiger partial charge is 0.354 e. The van der Waals surface area contributed by atoms with Crippen LogP contribution in [0.25, 0.3) is 0 Å². The van der Waals surface area contributed by atoms with Gasteiger partial charge in [-0.1, -0.05) is 0 Å². The molecule has 4 rings (SSSR count). The third-order valence-electron chi connectivity index (χ3n) is 5.78. The maximum absolute atomic E-state index is 12.6. The molecule has 8 nitrogen and oxygen atoms in total. The summed E-state index contributed by atoms with van der Waals surface area (Å²) in [5.74, 6) is 1.14. The van der Waals surface area contributed by atoms with Gasteiger partial charge < -0.3 is 15.1 Å². The van der Waals surface area contributed by atoms with Crippen LogP contribution < -0.4 is 10.2 Å². The highest BCUT2D eigenvalue weighted by molar-refractivity contribution is 5.91. The van der Waals surface area contributed by atoms with Gasteiger partial charge in [-0.25, -0.2) is 4.98 Å². The number of nitriles is 1. The number of hydrogen-bond donors (Lipinski definition) is 1. The van der Waals surface area contributed by atoms with Crippen LogP contribution in [-0.2, 0) is 9.59 Å². The molecule has 1 N–H and O–H groups in total. The van der Waals surface area contributed by atoms with Gasteiger partial charge in [0, 0.05) is 57.9 Å². The Morgan fingerprint density at radius 3 is 2.67 bits per heavy atom. The average molecular weight is 368 g/mol. The third kappa shape index (κ3) is 3.80. The zero-order chi connectivity index (χ0) is 18.8. The Morgan fingerprint density at radius 2 is 2.04 bits per heavy atom. The Bertz CT molecular complexity index is 750. The molecule has 3 aliphatic rings. The molecule has 1 aromatic rings. The van der Waals surface area contributed by atoms with Crippen molar-refractivity contribution in [2.45, 2.75) is 24.9 Å². The maximum atomic E-state index is 12.6. The average Bonchev–Trinajstić information content (AvgIpc) is 3.37. The lowest BCUT2D eigenvalue weighted by atomic mass is 10.1. The molecule has 3 saturated heterocycles. The van der Waals surface area contributed by atoms with Gasteiger partial charge in [-0.05, 0) is 18.6 Å². The number of rotatable bonds is 3. The van der Waals surface area contributed by atoms with Crippen LogP contribution in [0, 0.1) is 11.3 Å². The molecular weight excluding hydrogens is 344 g/mol. The van der Waals surface area contributed by atoms with E-state index in [1.54, 1.807) is 17.2 Å². The number of piperazine rings is 1. The summed E-state index contributed by atoms with van der Waals surface area (Å²) in [6.07, 6.45) is 2.91. The molecule has 142 valence electrons. The Hall–Kier alpha value is -2.50. The number of ketones is 1. The summed E-state index contributed by atoms with van der Waals surface area (Å²) >= 11 is 0. The van der Waals surface area contributed by atoms with Gasteiger partial charge in [0.2, 0.25) is 5.91 Å². The number of pyridine rings is 1.